The van der Waals surface area contributed by atoms with Crippen LogP contribution < -0.4 is 4.74 Å². The summed E-state index contributed by atoms with van der Waals surface area (Å²) < 4.78 is 4.91. The molecular formula is C7H7ClN2O2. The zero-order valence-electron chi connectivity index (χ0n) is 6.36. The van der Waals surface area contributed by atoms with Gasteiger partial charge in [0.25, 0.3) is 0 Å². The lowest BCUT2D eigenvalue weighted by Gasteiger charge is -1.99. The highest BCUT2D eigenvalue weighted by molar-refractivity contribution is 6.69. The van der Waals surface area contributed by atoms with Crippen molar-refractivity contribution in [2.24, 2.45) is 5.16 Å². The zero-order valence-corrected chi connectivity index (χ0v) is 7.12. The van der Waals surface area contributed by atoms with E-state index < -0.39 is 0 Å². The molecule has 0 saturated carbocycles. The second kappa shape index (κ2) is 3.92. The SMILES string of the molecule is COc1ccnc(C(Cl)=NO)c1. The fourth-order valence-electron chi connectivity index (χ4n) is 0.702. The molecule has 1 rings (SSSR count). The molecule has 0 aliphatic carbocycles. The van der Waals surface area contributed by atoms with Crippen LogP contribution in [0.15, 0.2) is 23.5 Å². The lowest BCUT2D eigenvalue weighted by molar-refractivity contribution is 0.320. The maximum absolute atomic E-state index is 8.33. The van der Waals surface area contributed by atoms with Gasteiger partial charge in [-0.15, -0.1) is 0 Å². The Morgan fingerprint density at radius 3 is 3.08 bits per heavy atom. The number of nitrogens with zero attached hydrogens (tertiary/aromatic N) is 2. The molecule has 12 heavy (non-hydrogen) atoms. The Kier molecular flexibility index (Phi) is 2.88. The maximum Gasteiger partial charge on any atom is 0.193 e. The predicted octanol–water partition coefficient (Wildman–Crippen LogP) is 1.46. The third-order valence-electron chi connectivity index (χ3n) is 1.27. The van der Waals surface area contributed by atoms with Crippen molar-refractivity contribution < 1.29 is 9.94 Å². The van der Waals surface area contributed by atoms with E-state index in [9.17, 15) is 0 Å². The average Bonchev–Trinajstić information content (AvgIpc) is 2.17. The molecule has 1 heterocycles. The van der Waals surface area contributed by atoms with Gasteiger partial charge in [0.1, 0.15) is 11.4 Å². The highest BCUT2D eigenvalue weighted by Gasteiger charge is 2.02. The molecule has 1 N–H and O–H groups in total. The lowest BCUT2D eigenvalue weighted by Crippen LogP contribution is -1.95. The van der Waals surface area contributed by atoms with Crippen LogP contribution in [0.4, 0.5) is 0 Å². The van der Waals surface area contributed by atoms with E-state index in [1.807, 2.05) is 0 Å². The van der Waals surface area contributed by atoms with Gasteiger partial charge in [0.15, 0.2) is 5.17 Å². The molecule has 1 aromatic heterocycles. The number of oxime groups is 1. The second-order valence-electron chi connectivity index (χ2n) is 1.97. The highest BCUT2D eigenvalue weighted by Crippen LogP contribution is 2.11. The summed E-state index contributed by atoms with van der Waals surface area (Å²) >= 11 is 5.50. The van der Waals surface area contributed by atoms with Crippen LogP contribution in [0.1, 0.15) is 5.69 Å². The fraction of sp³-hybridized carbons (Fsp3) is 0.143. The van der Waals surface area contributed by atoms with Crippen molar-refractivity contribution in [1.29, 1.82) is 0 Å². The van der Waals surface area contributed by atoms with Crippen LogP contribution in [0.3, 0.4) is 0 Å². The normalized spacial score (nSPS) is 11.3. The minimum Gasteiger partial charge on any atom is -0.497 e. The van der Waals surface area contributed by atoms with Crippen LogP contribution in [0.5, 0.6) is 5.75 Å². The quantitative estimate of drug-likeness (QED) is 0.432. The number of hydrogen-bond donors (Lipinski definition) is 1. The summed E-state index contributed by atoms with van der Waals surface area (Å²) in [6, 6.07) is 3.24. The zero-order chi connectivity index (χ0) is 8.97. The number of aromatic nitrogens is 1. The van der Waals surface area contributed by atoms with E-state index >= 15 is 0 Å². The monoisotopic (exact) mass is 186 g/mol. The van der Waals surface area contributed by atoms with Crippen LogP contribution in [0.25, 0.3) is 0 Å². The van der Waals surface area contributed by atoms with Gasteiger partial charge in [-0.3, -0.25) is 4.98 Å². The van der Waals surface area contributed by atoms with Crippen molar-refractivity contribution in [1.82, 2.24) is 4.98 Å². The molecule has 0 unspecified atom stereocenters. The summed E-state index contributed by atoms with van der Waals surface area (Å²) in [4.78, 5) is 3.86. The molecule has 64 valence electrons. The molecule has 0 aromatic carbocycles. The summed E-state index contributed by atoms with van der Waals surface area (Å²) in [7, 11) is 1.53. The van der Waals surface area contributed by atoms with E-state index in [2.05, 4.69) is 10.1 Å². The number of rotatable bonds is 2. The molecule has 0 atom stereocenters. The first kappa shape index (κ1) is 8.80. The van der Waals surface area contributed by atoms with Gasteiger partial charge in [-0.2, -0.15) is 0 Å². The van der Waals surface area contributed by atoms with Crippen LogP contribution in [-0.4, -0.2) is 22.5 Å². The van der Waals surface area contributed by atoms with E-state index in [-0.39, 0.29) is 5.17 Å². The standard InChI is InChI=1S/C7H7ClN2O2/c1-12-5-2-3-9-6(4-5)7(8)10-11/h2-4,11H,1H3. The topological polar surface area (TPSA) is 54.7 Å². The van der Waals surface area contributed by atoms with Gasteiger partial charge in [0.2, 0.25) is 0 Å². The van der Waals surface area contributed by atoms with Gasteiger partial charge < -0.3 is 9.94 Å². The Bertz CT molecular complexity index is 301. The van der Waals surface area contributed by atoms with Crippen LogP contribution in [-0.2, 0) is 0 Å². The van der Waals surface area contributed by atoms with Gasteiger partial charge in [0, 0.05) is 12.3 Å². The number of pyridine rings is 1. The highest BCUT2D eigenvalue weighted by atomic mass is 35.5. The molecule has 0 aliphatic heterocycles. The van der Waals surface area contributed by atoms with Gasteiger partial charge >= 0.3 is 0 Å². The first-order chi connectivity index (χ1) is 5.77. The molecule has 0 aliphatic rings. The molecule has 0 fully saturated rings. The predicted molar refractivity (Wildman–Crippen MR) is 45.0 cm³/mol. The van der Waals surface area contributed by atoms with E-state index in [0.29, 0.717) is 11.4 Å². The van der Waals surface area contributed by atoms with Gasteiger partial charge in [-0.05, 0) is 6.07 Å². The van der Waals surface area contributed by atoms with Gasteiger partial charge in [-0.25, -0.2) is 0 Å². The number of halogens is 1. The van der Waals surface area contributed by atoms with Crippen LogP contribution >= 0.6 is 11.6 Å². The third kappa shape index (κ3) is 1.85. The molecule has 4 nitrogen and oxygen atoms in total. The molecule has 5 heteroatoms. The van der Waals surface area contributed by atoms with Crippen molar-refractivity contribution >= 4 is 16.8 Å². The minimum absolute atomic E-state index is 0.0612. The second-order valence-corrected chi connectivity index (χ2v) is 2.33. The Labute approximate surface area is 74.4 Å². The van der Waals surface area contributed by atoms with E-state index in [0.717, 1.165) is 0 Å². The lowest BCUT2D eigenvalue weighted by atomic mass is 10.3. The van der Waals surface area contributed by atoms with Crippen molar-refractivity contribution in [2.45, 2.75) is 0 Å². The first-order valence-corrected chi connectivity index (χ1v) is 3.53. The summed E-state index contributed by atoms with van der Waals surface area (Å²) in [5.41, 5.74) is 0.374. The van der Waals surface area contributed by atoms with Crippen LogP contribution in [0, 0.1) is 0 Å². The average molecular weight is 187 g/mol. The summed E-state index contributed by atoms with van der Waals surface area (Å²) in [5, 5.41) is 11.1. The first-order valence-electron chi connectivity index (χ1n) is 3.16. The number of methoxy groups -OCH3 is 1. The molecule has 0 bridgehead atoms. The number of hydrogen-bond acceptors (Lipinski definition) is 4. The Balaban J connectivity index is 3.02. The smallest absolute Gasteiger partial charge is 0.193 e. The van der Waals surface area contributed by atoms with Crippen molar-refractivity contribution in [3.63, 3.8) is 0 Å². The fourth-order valence-corrected chi connectivity index (χ4v) is 0.806. The Hall–Kier alpha value is -1.29. The summed E-state index contributed by atoms with van der Waals surface area (Å²) in [5.74, 6) is 0.613. The Morgan fingerprint density at radius 1 is 1.75 bits per heavy atom. The van der Waals surface area contributed by atoms with Crippen molar-refractivity contribution in [3.05, 3.63) is 24.0 Å². The van der Waals surface area contributed by atoms with Crippen molar-refractivity contribution in [2.75, 3.05) is 7.11 Å². The Morgan fingerprint density at radius 2 is 2.50 bits per heavy atom. The molecule has 1 aromatic rings. The minimum atomic E-state index is -0.0612. The number of ether oxygens (including phenoxy) is 1. The van der Waals surface area contributed by atoms with Gasteiger partial charge in [-0.1, -0.05) is 16.8 Å². The largest absolute Gasteiger partial charge is 0.497 e. The molecular weight excluding hydrogens is 180 g/mol. The maximum atomic E-state index is 8.33. The molecule has 0 radical (unpaired) electrons. The van der Waals surface area contributed by atoms with Crippen LogP contribution in [0.2, 0.25) is 0 Å². The summed E-state index contributed by atoms with van der Waals surface area (Å²) in [6.07, 6.45) is 1.52. The van der Waals surface area contributed by atoms with E-state index in [1.165, 1.54) is 13.3 Å². The van der Waals surface area contributed by atoms with E-state index in [4.69, 9.17) is 21.5 Å². The summed E-state index contributed by atoms with van der Waals surface area (Å²) in [6.45, 7) is 0. The molecule has 0 spiro atoms. The van der Waals surface area contributed by atoms with E-state index in [1.54, 1.807) is 12.1 Å². The van der Waals surface area contributed by atoms with Crippen molar-refractivity contribution in [3.8, 4) is 5.75 Å². The third-order valence-corrected chi connectivity index (χ3v) is 1.54. The molecule has 0 saturated heterocycles. The molecule has 0 amide bonds. The van der Waals surface area contributed by atoms with Gasteiger partial charge in [0.05, 0.1) is 7.11 Å².